The van der Waals surface area contributed by atoms with Crippen LogP contribution in [0.25, 0.3) is 10.2 Å². The summed E-state index contributed by atoms with van der Waals surface area (Å²) in [7, 11) is 1.79. The fourth-order valence-corrected chi connectivity index (χ4v) is 4.16. The SMILES string of the molecule is Cc1sc2nc(CSC(C)C(=O)Nc3ccn(C)n3)[nH]c(=O)c2c1C. The molecule has 1 amide bonds. The molecule has 1 atom stereocenters. The molecule has 0 saturated heterocycles. The number of rotatable bonds is 5. The first kappa shape index (κ1) is 17.7. The number of carbonyl (C=O) groups is 1. The molecule has 0 aliphatic rings. The molecule has 3 aromatic heterocycles. The smallest absolute Gasteiger partial charge is 0.259 e. The van der Waals surface area contributed by atoms with Crippen LogP contribution in [0.5, 0.6) is 0 Å². The summed E-state index contributed by atoms with van der Waals surface area (Å²) in [6.45, 7) is 5.74. The lowest BCUT2D eigenvalue weighted by Crippen LogP contribution is -2.23. The normalized spacial score (nSPS) is 12.5. The van der Waals surface area contributed by atoms with Crippen molar-refractivity contribution in [2.45, 2.75) is 31.8 Å². The molecule has 132 valence electrons. The number of aromatic nitrogens is 4. The minimum atomic E-state index is -0.296. The first-order chi connectivity index (χ1) is 11.8. The maximum atomic E-state index is 12.3. The van der Waals surface area contributed by atoms with Gasteiger partial charge in [0.1, 0.15) is 10.7 Å². The summed E-state index contributed by atoms with van der Waals surface area (Å²) < 4.78 is 1.63. The van der Waals surface area contributed by atoms with Gasteiger partial charge in [-0.3, -0.25) is 14.3 Å². The lowest BCUT2D eigenvalue weighted by molar-refractivity contribution is -0.115. The molecule has 0 fully saturated rings. The van der Waals surface area contributed by atoms with E-state index in [1.165, 1.54) is 23.1 Å². The van der Waals surface area contributed by atoms with E-state index in [1.54, 1.807) is 24.0 Å². The first-order valence-corrected chi connectivity index (χ1v) is 9.62. The van der Waals surface area contributed by atoms with Crippen molar-refractivity contribution < 1.29 is 4.79 Å². The van der Waals surface area contributed by atoms with Crippen LogP contribution in [0.1, 0.15) is 23.2 Å². The number of hydrogen-bond donors (Lipinski definition) is 2. The van der Waals surface area contributed by atoms with Crippen LogP contribution in [0.2, 0.25) is 0 Å². The summed E-state index contributed by atoms with van der Waals surface area (Å²) in [5.41, 5.74) is 0.865. The Labute approximate surface area is 152 Å². The van der Waals surface area contributed by atoms with Crippen molar-refractivity contribution in [3.8, 4) is 0 Å². The molecule has 25 heavy (non-hydrogen) atoms. The van der Waals surface area contributed by atoms with E-state index in [9.17, 15) is 9.59 Å². The van der Waals surface area contributed by atoms with E-state index < -0.39 is 0 Å². The average Bonchev–Trinajstić information content (AvgIpc) is 3.08. The Balaban J connectivity index is 1.67. The Morgan fingerprint density at radius 1 is 1.48 bits per heavy atom. The van der Waals surface area contributed by atoms with Crippen molar-refractivity contribution >= 4 is 45.0 Å². The summed E-state index contributed by atoms with van der Waals surface area (Å²) in [5, 5.41) is 7.26. The molecule has 0 spiro atoms. The van der Waals surface area contributed by atoms with Gasteiger partial charge in [0, 0.05) is 24.2 Å². The zero-order valence-corrected chi connectivity index (χ0v) is 16.0. The predicted octanol–water partition coefficient (Wildman–Crippen LogP) is 2.60. The van der Waals surface area contributed by atoms with Gasteiger partial charge in [-0.15, -0.1) is 23.1 Å². The fourth-order valence-electron chi connectivity index (χ4n) is 2.36. The molecule has 3 rings (SSSR count). The van der Waals surface area contributed by atoms with E-state index in [4.69, 9.17) is 0 Å². The number of aryl methyl sites for hydroxylation is 3. The number of amides is 1. The van der Waals surface area contributed by atoms with Gasteiger partial charge in [0.2, 0.25) is 5.91 Å². The van der Waals surface area contributed by atoms with E-state index in [0.717, 1.165) is 15.3 Å². The molecule has 2 N–H and O–H groups in total. The van der Waals surface area contributed by atoms with Crippen molar-refractivity contribution in [1.29, 1.82) is 0 Å². The van der Waals surface area contributed by atoms with Crippen molar-refractivity contribution in [3.05, 3.63) is 38.9 Å². The Morgan fingerprint density at radius 3 is 2.92 bits per heavy atom. The van der Waals surface area contributed by atoms with Crippen LogP contribution in [-0.4, -0.2) is 30.9 Å². The third-order valence-corrected chi connectivity index (χ3v) is 6.15. The number of aromatic amines is 1. The standard InChI is InChI=1S/C16H19N5O2S2/c1-8-9(2)25-16-13(8)15(23)18-12(19-16)7-24-10(3)14(22)17-11-5-6-21(4)20-11/h5-6,10H,7H2,1-4H3,(H,17,20,22)(H,18,19,23). The third-order valence-electron chi connectivity index (χ3n) is 3.89. The highest BCUT2D eigenvalue weighted by Crippen LogP contribution is 2.26. The number of thiophene rings is 1. The molecule has 0 radical (unpaired) electrons. The van der Waals surface area contributed by atoms with Gasteiger partial charge >= 0.3 is 0 Å². The molecule has 0 aromatic carbocycles. The molecule has 7 nitrogen and oxygen atoms in total. The minimum Gasteiger partial charge on any atom is -0.309 e. The average molecular weight is 377 g/mol. The zero-order chi connectivity index (χ0) is 18.1. The summed E-state index contributed by atoms with van der Waals surface area (Å²) in [5.74, 6) is 1.44. The summed E-state index contributed by atoms with van der Waals surface area (Å²) in [6.07, 6.45) is 1.77. The van der Waals surface area contributed by atoms with Gasteiger partial charge in [-0.05, 0) is 26.3 Å². The molecule has 3 aromatic rings. The lowest BCUT2D eigenvalue weighted by atomic mass is 10.2. The van der Waals surface area contributed by atoms with Crippen LogP contribution in [0.3, 0.4) is 0 Å². The second-order valence-electron chi connectivity index (χ2n) is 5.79. The Kier molecular flexibility index (Phi) is 4.96. The molecule has 3 heterocycles. The van der Waals surface area contributed by atoms with Crippen LogP contribution in [0.15, 0.2) is 17.1 Å². The minimum absolute atomic E-state index is 0.118. The molecular formula is C16H19N5O2S2. The van der Waals surface area contributed by atoms with Crippen molar-refractivity contribution in [2.24, 2.45) is 7.05 Å². The number of nitrogens with one attached hydrogen (secondary N) is 2. The Morgan fingerprint density at radius 2 is 2.24 bits per heavy atom. The van der Waals surface area contributed by atoms with Gasteiger partial charge in [-0.25, -0.2) is 4.98 Å². The number of H-pyrrole nitrogens is 1. The maximum absolute atomic E-state index is 12.3. The van der Waals surface area contributed by atoms with E-state index in [1.807, 2.05) is 20.8 Å². The van der Waals surface area contributed by atoms with Gasteiger partial charge in [0.15, 0.2) is 5.82 Å². The first-order valence-electron chi connectivity index (χ1n) is 7.76. The van der Waals surface area contributed by atoms with Crippen LogP contribution >= 0.6 is 23.1 Å². The number of carbonyl (C=O) groups excluding carboxylic acids is 1. The van der Waals surface area contributed by atoms with Gasteiger partial charge in [-0.2, -0.15) is 5.10 Å². The second-order valence-corrected chi connectivity index (χ2v) is 8.33. The molecule has 0 aliphatic carbocycles. The highest BCUT2D eigenvalue weighted by Gasteiger charge is 2.17. The Bertz CT molecular complexity index is 988. The summed E-state index contributed by atoms with van der Waals surface area (Å²) in [6, 6.07) is 1.74. The predicted molar refractivity (Wildman–Crippen MR) is 102 cm³/mol. The fraction of sp³-hybridized carbons (Fsp3) is 0.375. The molecule has 1 unspecified atom stereocenters. The second kappa shape index (κ2) is 7.01. The third kappa shape index (κ3) is 3.77. The van der Waals surface area contributed by atoms with Crippen molar-refractivity contribution in [1.82, 2.24) is 19.7 Å². The number of anilines is 1. The van der Waals surface area contributed by atoms with E-state index >= 15 is 0 Å². The number of fused-ring (bicyclic) bond motifs is 1. The van der Waals surface area contributed by atoms with Crippen LogP contribution in [0.4, 0.5) is 5.82 Å². The van der Waals surface area contributed by atoms with Crippen LogP contribution in [0, 0.1) is 13.8 Å². The molecular weight excluding hydrogens is 358 g/mol. The molecule has 9 heteroatoms. The zero-order valence-electron chi connectivity index (χ0n) is 14.4. The van der Waals surface area contributed by atoms with Gasteiger partial charge in [0.05, 0.1) is 16.4 Å². The van der Waals surface area contributed by atoms with Crippen LogP contribution < -0.4 is 10.9 Å². The van der Waals surface area contributed by atoms with Crippen molar-refractivity contribution in [2.75, 3.05) is 5.32 Å². The number of thioether (sulfide) groups is 1. The van der Waals surface area contributed by atoms with Gasteiger partial charge in [-0.1, -0.05) is 0 Å². The maximum Gasteiger partial charge on any atom is 0.259 e. The number of hydrogen-bond acceptors (Lipinski definition) is 6. The summed E-state index contributed by atoms with van der Waals surface area (Å²) >= 11 is 2.94. The van der Waals surface area contributed by atoms with E-state index in [-0.39, 0.29) is 16.7 Å². The van der Waals surface area contributed by atoms with E-state index in [2.05, 4.69) is 20.4 Å². The summed E-state index contributed by atoms with van der Waals surface area (Å²) in [4.78, 5) is 33.7. The quantitative estimate of drug-likeness (QED) is 0.713. The Hall–Kier alpha value is -2.13. The van der Waals surface area contributed by atoms with Crippen LogP contribution in [-0.2, 0) is 17.6 Å². The topological polar surface area (TPSA) is 92.7 Å². The lowest BCUT2D eigenvalue weighted by Gasteiger charge is -2.10. The largest absolute Gasteiger partial charge is 0.309 e. The number of nitrogens with zero attached hydrogens (tertiary/aromatic N) is 3. The highest BCUT2D eigenvalue weighted by molar-refractivity contribution is 7.99. The highest BCUT2D eigenvalue weighted by atomic mass is 32.2. The molecule has 0 bridgehead atoms. The molecule has 0 aliphatic heterocycles. The monoisotopic (exact) mass is 377 g/mol. The molecule has 0 saturated carbocycles. The van der Waals surface area contributed by atoms with Gasteiger partial charge in [0.25, 0.3) is 5.56 Å². The van der Waals surface area contributed by atoms with Crippen molar-refractivity contribution in [3.63, 3.8) is 0 Å². The van der Waals surface area contributed by atoms with Gasteiger partial charge < -0.3 is 10.3 Å². The van der Waals surface area contributed by atoms with E-state index in [0.29, 0.717) is 22.8 Å².